The average molecular weight is 277 g/mol. The third-order valence-electron chi connectivity index (χ3n) is 3.70. The van der Waals surface area contributed by atoms with Crippen LogP contribution < -0.4 is 9.47 Å². The molecule has 2 rings (SSSR count). The molecule has 4 heteroatoms. The Kier molecular flexibility index (Phi) is 5.27. The van der Waals surface area contributed by atoms with Crippen molar-refractivity contribution in [2.24, 2.45) is 0 Å². The van der Waals surface area contributed by atoms with E-state index in [0.717, 1.165) is 36.0 Å². The van der Waals surface area contributed by atoms with Crippen molar-refractivity contribution in [1.29, 1.82) is 0 Å². The second kappa shape index (κ2) is 7.17. The van der Waals surface area contributed by atoms with Crippen molar-refractivity contribution in [2.75, 3.05) is 13.7 Å². The molecule has 1 aliphatic rings. The predicted octanol–water partition coefficient (Wildman–Crippen LogP) is 3.36. The summed E-state index contributed by atoms with van der Waals surface area (Å²) in [6, 6.07) is 5.71. The van der Waals surface area contributed by atoms with Crippen LogP contribution in [0.3, 0.4) is 0 Å². The van der Waals surface area contributed by atoms with Crippen LogP contribution in [0, 0.1) is 5.21 Å². The van der Waals surface area contributed by atoms with Gasteiger partial charge >= 0.3 is 0 Å². The van der Waals surface area contributed by atoms with Gasteiger partial charge in [0, 0.05) is 18.4 Å². The molecule has 0 aliphatic heterocycles. The highest BCUT2D eigenvalue weighted by molar-refractivity contribution is 5.77. The second-order valence-electron chi connectivity index (χ2n) is 5.12. The second-order valence-corrected chi connectivity index (χ2v) is 5.12. The lowest BCUT2D eigenvalue weighted by Gasteiger charge is -2.20. The zero-order valence-electron chi connectivity index (χ0n) is 12.3. The molecule has 0 N–H and O–H groups in total. The first-order valence-electron chi connectivity index (χ1n) is 7.35. The smallest absolute Gasteiger partial charge is 0.182 e. The van der Waals surface area contributed by atoms with E-state index in [4.69, 9.17) is 9.47 Å². The summed E-state index contributed by atoms with van der Waals surface area (Å²) in [6.45, 7) is 2.52. The molecule has 0 aromatic heterocycles. The van der Waals surface area contributed by atoms with E-state index in [1.165, 1.54) is 6.42 Å². The molecule has 0 amide bonds. The van der Waals surface area contributed by atoms with Crippen LogP contribution in [0.5, 0.6) is 11.5 Å². The quantitative estimate of drug-likeness (QED) is 0.359. The maximum absolute atomic E-state index is 12.2. The molecule has 0 saturated heterocycles. The highest BCUT2D eigenvalue weighted by Gasteiger charge is 2.19. The van der Waals surface area contributed by atoms with Crippen molar-refractivity contribution < 1.29 is 14.2 Å². The minimum Gasteiger partial charge on any atom is -0.624 e. The minimum absolute atomic E-state index is 0.126. The van der Waals surface area contributed by atoms with Gasteiger partial charge in [-0.05, 0) is 38.0 Å². The normalized spacial score (nSPS) is 17.0. The SMILES string of the molecule is CCOc1ccc(C=[N+]([O-])C2CCCCC2)cc1OC. The Morgan fingerprint density at radius 1 is 1.25 bits per heavy atom. The monoisotopic (exact) mass is 277 g/mol. The number of methoxy groups -OCH3 is 1. The third-order valence-corrected chi connectivity index (χ3v) is 3.70. The molecule has 4 nitrogen and oxygen atoms in total. The minimum atomic E-state index is 0.126. The maximum atomic E-state index is 12.2. The van der Waals surface area contributed by atoms with Gasteiger partial charge in [0.25, 0.3) is 0 Å². The molecule has 1 saturated carbocycles. The van der Waals surface area contributed by atoms with Gasteiger partial charge < -0.3 is 14.7 Å². The van der Waals surface area contributed by atoms with Gasteiger partial charge in [-0.3, -0.25) is 0 Å². The lowest BCUT2D eigenvalue weighted by Crippen LogP contribution is -2.25. The van der Waals surface area contributed by atoms with E-state index in [-0.39, 0.29) is 6.04 Å². The van der Waals surface area contributed by atoms with Gasteiger partial charge in [-0.15, -0.1) is 0 Å². The summed E-state index contributed by atoms with van der Waals surface area (Å²) in [5.41, 5.74) is 0.853. The maximum Gasteiger partial charge on any atom is 0.182 e. The molecule has 0 heterocycles. The summed E-state index contributed by atoms with van der Waals surface area (Å²) in [5.74, 6) is 1.37. The van der Waals surface area contributed by atoms with Gasteiger partial charge in [-0.25, -0.2) is 4.74 Å². The van der Waals surface area contributed by atoms with Crippen LogP contribution in [0.4, 0.5) is 0 Å². The molecular weight excluding hydrogens is 254 g/mol. The molecule has 0 radical (unpaired) electrons. The summed E-state index contributed by atoms with van der Waals surface area (Å²) in [4.78, 5) is 0. The Balaban J connectivity index is 2.15. The van der Waals surface area contributed by atoms with Gasteiger partial charge in [0.05, 0.1) is 13.7 Å². The Morgan fingerprint density at radius 3 is 2.65 bits per heavy atom. The number of nitrogens with zero attached hydrogens (tertiary/aromatic N) is 1. The van der Waals surface area contributed by atoms with E-state index in [1.807, 2.05) is 25.1 Å². The number of benzene rings is 1. The summed E-state index contributed by atoms with van der Waals surface area (Å²) in [6.07, 6.45) is 7.21. The van der Waals surface area contributed by atoms with Gasteiger partial charge in [0.15, 0.2) is 23.8 Å². The zero-order chi connectivity index (χ0) is 14.4. The Labute approximate surface area is 120 Å². The third kappa shape index (κ3) is 3.65. The first kappa shape index (κ1) is 14.7. The molecular formula is C16H23NO3. The fraction of sp³-hybridized carbons (Fsp3) is 0.562. The molecule has 1 aliphatic carbocycles. The van der Waals surface area contributed by atoms with Crippen LogP contribution in [0.2, 0.25) is 0 Å². The van der Waals surface area contributed by atoms with Crippen LogP contribution in [0.25, 0.3) is 0 Å². The molecule has 0 spiro atoms. The van der Waals surface area contributed by atoms with E-state index in [1.54, 1.807) is 13.3 Å². The van der Waals surface area contributed by atoms with Crippen LogP contribution in [0.15, 0.2) is 18.2 Å². The molecule has 1 fully saturated rings. The van der Waals surface area contributed by atoms with E-state index in [9.17, 15) is 5.21 Å². The summed E-state index contributed by atoms with van der Waals surface area (Å²) in [5, 5.41) is 12.2. The zero-order valence-corrected chi connectivity index (χ0v) is 12.3. The number of rotatable bonds is 5. The molecule has 1 aromatic rings. The Hall–Kier alpha value is -1.71. The first-order chi connectivity index (χ1) is 9.74. The fourth-order valence-corrected chi connectivity index (χ4v) is 2.63. The van der Waals surface area contributed by atoms with Crippen molar-refractivity contribution in [2.45, 2.75) is 45.1 Å². The Bertz CT molecular complexity index is 465. The van der Waals surface area contributed by atoms with Crippen molar-refractivity contribution in [3.63, 3.8) is 0 Å². The largest absolute Gasteiger partial charge is 0.624 e. The lowest BCUT2D eigenvalue weighted by molar-refractivity contribution is -0.500. The van der Waals surface area contributed by atoms with Crippen molar-refractivity contribution in [1.82, 2.24) is 0 Å². The number of hydroxylamine groups is 1. The topological polar surface area (TPSA) is 44.5 Å². The van der Waals surface area contributed by atoms with Gasteiger partial charge in [-0.1, -0.05) is 6.42 Å². The Morgan fingerprint density at radius 2 is 2.00 bits per heavy atom. The van der Waals surface area contributed by atoms with Crippen molar-refractivity contribution >= 4 is 6.21 Å². The van der Waals surface area contributed by atoms with E-state index in [0.29, 0.717) is 18.1 Å². The first-order valence-corrected chi connectivity index (χ1v) is 7.35. The van der Waals surface area contributed by atoms with Crippen LogP contribution in [-0.2, 0) is 0 Å². The average Bonchev–Trinajstić information content (AvgIpc) is 2.50. The number of ether oxygens (including phenoxy) is 2. The standard InChI is InChI=1S/C16H23NO3/c1-3-20-15-10-9-13(11-16(15)19-2)12-17(18)14-7-5-4-6-8-14/h9-12,14H,3-8H2,1-2H3. The van der Waals surface area contributed by atoms with E-state index < -0.39 is 0 Å². The predicted molar refractivity (Wildman–Crippen MR) is 79.8 cm³/mol. The molecule has 0 bridgehead atoms. The fourth-order valence-electron chi connectivity index (χ4n) is 2.63. The van der Waals surface area contributed by atoms with E-state index in [2.05, 4.69) is 0 Å². The van der Waals surface area contributed by atoms with Gasteiger partial charge in [0.2, 0.25) is 0 Å². The van der Waals surface area contributed by atoms with Crippen LogP contribution in [-0.4, -0.2) is 30.7 Å². The van der Waals surface area contributed by atoms with Crippen LogP contribution >= 0.6 is 0 Å². The summed E-state index contributed by atoms with van der Waals surface area (Å²) < 4.78 is 11.9. The number of hydrogen-bond donors (Lipinski definition) is 0. The van der Waals surface area contributed by atoms with Gasteiger partial charge in [0.1, 0.15) is 0 Å². The molecule has 110 valence electrons. The molecule has 0 atom stereocenters. The number of hydrogen-bond acceptors (Lipinski definition) is 3. The van der Waals surface area contributed by atoms with Gasteiger partial charge in [-0.2, -0.15) is 0 Å². The molecule has 20 heavy (non-hydrogen) atoms. The summed E-state index contributed by atoms with van der Waals surface area (Å²) in [7, 11) is 1.61. The lowest BCUT2D eigenvalue weighted by atomic mass is 9.96. The van der Waals surface area contributed by atoms with Crippen molar-refractivity contribution in [3.8, 4) is 11.5 Å². The molecule has 1 aromatic carbocycles. The highest BCUT2D eigenvalue weighted by Crippen LogP contribution is 2.27. The highest BCUT2D eigenvalue weighted by atomic mass is 16.5. The molecule has 0 unspecified atom stereocenters. The van der Waals surface area contributed by atoms with Crippen molar-refractivity contribution in [3.05, 3.63) is 29.0 Å². The van der Waals surface area contributed by atoms with Crippen LogP contribution in [0.1, 0.15) is 44.6 Å². The van der Waals surface area contributed by atoms with E-state index >= 15 is 0 Å². The summed E-state index contributed by atoms with van der Waals surface area (Å²) >= 11 is 0.